The predicted octanol–water partition coefficient (Wildman–Crippen LogP) is 1.27. The van der Waals surface area contributed by atoms with Gasteiger partial charge < -0.3 is 15.7 Å². The van der Waals surface area contributed by atoms with Crippen molar-refractivity contribution in [3.8, 4) is 17.5 Å². The van der Waals surface area contributed by atoms with Crippen LogP contribution in [0.15, 0.2) is 36.4 Å². The number of fused-ring (bicyclic) bond motifs is 1. The van der Waals surface area contributed by atoms with Crippen molar-refractivity contribution in [1.29, 1.82) is 0 Å². The number of hydrogen-bond donors (Lipinski definition) is 2. The summed E-state index contributed by atoms with van der Waals surface area (Å²) in [6, 6.07) is 11.2. The summed E-state index contributed by atoms with van der Waals surface area (Å²) in [7, 11) is 1.61. The minimum absolute atomic E-state index is 0.0369. The van der Waals surface area contributed by atoms with E-state index in [2.05, 4.69) is 21.9 Å². The predicted molar refractivity (Wildman–Crippen MR) is 110 cm³/mol. The summed E-state index contributed by atoms with van der Waals surface area (Å²) < 4.78 is 1.63. The van der Waals surface area contributed by atoms with Crippen LogP contribution in [0.2, 0.25) is 0 Å². The molecule has 0 spiro atoms. The number of amides is 2. The highest BCUT2D eigenvalue weighted by atomic mass is 16.3. The fourth-order valence-electron chi connectivity index (χ4n) is 2.52. The van der Waals surface area contributed by atoms with Crippen LogP contribution in [0.3, 0.4) is 0 Å². The fourth-order valence-corrected chi connectivity index (χ4v) is 2.52. The third kappa shape index (κ3) is 5.40. The maximum atomic E-state index is 11.6. The molecule has 2 amide bonds. The summed E-state index contributed by atoms with van der Waals surface area (Å²) in [5.74, 6) is 5.30. The Hall–Kier alpha value is -3.70. The van der Waals surface area contributed by atoms with Crippen LogP contribution in [0.25, 0.3) is 16.7 Å². The lowest BCUT2D eigenvalue weighted by atomic mass is 10.2. The Morgan fingerprint density at radius 1 is 1.34 bits per heavy atom. The minimum atomic E-state index is -0.570. The van der Waals surface area contributed by atoms with Crippen molar-refractivity contribution in [2.24, 2.45) is 5.73 Å². The number of rotatable bonds is 5. The van der Waals surface area contributed by atoms with Crippen molar-refractivity contribution in [1.82, 2.24) is 19.7 Å². The van der Waals surface area contributed by atoms with Crippen molar-refractivity contribution < 1.29 is 14.7 Å². The molecule has 0 radical (unpaired) electrons. The zero-order valence-electron chi connectivity index (χ0n) is 16.6. The van der Waals surface area contributed by atoms with Gasteiger partial charge in [-0.3, -0.25) is 9.59 Å². The van der Waals surface area contributed by atoms with E-state index < -0.39 is 5.91 Å². The van der Waals surface area contributed by atoms with Crippen molar-refractivity contribution in [3.63, 3.8) is 0 Å². The van der Waals surface area contributed by atoms with E-state index >= 15 is 0 Å². The highest BCUT2D eigenvalue weighted by molar-refractivity contribution is 6.03. The normalized spacial score (nSPS) is 9.79. The highest BCUT2D eigenvalue weighted by Crippen LogP contribution is 2.21. The zero-order chi connectivity index (χ0) is 21.4. The van der Waals surface area contributed by atoms with Crippen LogP contribution < -0.4 is 5.73 Å². The molecule has 0 saturated heterocycles. The first-order chi connectivity index (χ1) is 13.9. The lowest BCUT2D eigenvalue weighted by molar-refractivity contribution is -0.117. The summed E-state index contributed by atoms with van der Waals surface area (Å²) in [6.07, 6.45) is 0.677. The summed E-state index contributed by atoms with van der Waals surface area (Å²) in [5.41, 5.74) is 8.75. The second kappa shape index (κ2) is 10.0. The largest absolute Gasteiger partial charge is 0.395 e. The van der Waals surface area contributed by atoms with Gasteiger partial charge in [-0.05, 0) is 44.2 Å². The second-order valence-corrected chi connectivity index (χ2v) is 6.18. The Kier molecular flexibility index (Phi) is 7.46. The molecular formula is C21H23N5O3. The number of nitrogens with two attached hydrogens (primary N) is 1. The van der Waals surface area contributed by atoms with Gasteiger partial charge in [0, 0.05) is 24.8 Å². The molecule has 0 aliphatic heterocycles. The van der Waals surface area contributed by atoms with Gasteiger partial charge in [-0.1, -0.05) is 12.0 Å². The van der Waals surface area contributed by atoms with E-state index in [9.17, 15) is 9.59 Å². The van der Waals surface area contributed by atoms with Crippen LogP contribution in [-0.2, 0) is 4.79 Å². The van der Waals surface area contributed by atoms with Gasteiger partial charge in [0.25, 0.3) is 5.91 Å². The molecule has 0 atom stereocenters. The Balaban J connectivity index is 0.000000370. The first-order valence-electron chi connectivity index (χ1n) is 8.87. The number of primary amides is 1. The Bertz CT molecular complexity index is 1080. The molecule has 0 fully saturated rings. The Morgan fingerprint density at radius 3 is 2.69 bits per heavy atom. The van der Waals surface area contributed by atoms with E-state index in [1.165, 1.54) is 4.90 Å². The number of carbonyl (C=O) groups excluding carboxylic acids is 2. The van der Waals surface area contributed by atoms with Gasteiger partial charge in [-0.15, -0.1) is 5.92 Å². The third-order valence-corrected chi connectivity index (χ3v) is 3.90. The van der Waals surface area contributed by atoms with Gasteiger partial charge in [0.15, 0.2) is 11.3 Å². The number of carbonyl (C=O) groups is 2. The molecule has 0 aliphatic rings. The number of pyridine rings is 1. The van der Waals surface area contributed by atoms with Gasteiger partial charge in [-0.25, -0.2) is 9.67 Å². The van der Waals surface area contributed by atoms with Gasteiger partial charge in [0.05, 0.1) is 17.7 Å². The molecule has 3 N–H and O–H groups in total. The van der Waals surface area contributed by atoms with E-state index in [1.807, 2.05) is 43.3 Å². The molecule has 8 heteroatoms. The SMILES string of the molecule is CC#Cc1cccc(-n2nc(C(N)=O)c3ccc(C)nc32)c1.CN(C=O)CCO. The number of aliphatic hydroxyl groups excluding tert-OH is 1. The van der Waals surface area contributed by atoms with E-state index in [-0.39, 0.29) is 12.3 Å². The van der Waals surface area contributed by atoms with Crippen LogP contribution >= 0.6 is 0 Å². The molecule has 0 saturated carbocycles. The van der Waals surface area contributed by atoms with E-state index in [0.29, 0.717) is 24.0 Å². The molecule has 3 rings (SSSR count). The van der Waals surface area contributed by atoms with Gasteiger partial charge >= 0.3 is 0 Å². The minimum Gasteiger partial charge on any atom is -0.395 e. The molecule has 0 aliphatic carbocycles. The molecule has 2 heterocycles. The first kappa shape index (κ1) is 21.6. The number of nitrogens with zero attached hydrogens (tertiary/aromatic N) is 4. The van der Waals surface area contributed by atoms with E-state index in [1.54, 1.807) is 18.7 Å². The van der Waals surface area contributed by atoms with Crippen LogP contribution in [0.4, 0.5) is 0 Å². The maximum Gasteiger partial charge on any atom is 0.269 e. The third-order valence-electron chi connectivity index (χ3n) is 3.90. The van der Waals surface area contributed by atoms with Crippen LogP contribution in [0.5, 0.6) is 0 Å². The number of likely N-dealkylation sites (N-methyl/N-ethyl adjacent to an activating group) is 1. The lowest BCUT2D eigenvalue weighted by Crippen LogP contribution is -2.19. The standard InChI is InChI=1S/C17H14N4O.C4H9NO2/c1-3-5-12-6-4-7-13(10-12)21-17-14(9-8-11(2)19-17)15(20-21)16(18)22;1-5(4-7)2-3-6/h4,6-10H,1-2H3,(H2,18,22);4,6H,2-3H2,1H3. The lowest BCUT2D eigenvalue weighted by Gasteiger charge is -2.04. The van der Waals surface area contributed by atoms with Crippen LogP contribution in [-0.4, -0.2) is 57.3 Å². The van der Waals surface area contributed by atoms with Crippen molar-refractivity contribution in [3.05, 3.63) is 53.3 Å². The average Bonchev–Trinajstić information content (AvgIpc) is 3.08. The number of aliphatic hydroxyl groups is 1. The molecule has 0 bridgehead atoms. The molecule has 2 aromatic heterocycles. The second-order valence-electron chi connectivity index (χ2n) is 6.18. The average molecular weight is 393 g/mol. The first-order valence-corrected chi connectivity index (χ1v) is 8.87. The number of benzene rings is 1. The molecule has 8 nitrogen and oxygen atoms in total. The maximum absolute atomic E-state index is 11.6. The van der Waals surface area contributed by atoms with E-state index in [0.717, 1.165) is 16.9 Å². The number of aryl methyl sites for hydroxylation is 1. The monoisotopic (exact) mass is 393 g/mol. The molecular weight excluding hydrogens is 370 g/mol. The highest BCUT2D eigenvalue weighted by Gasteiger charge is 2.17. The fraction of sp³-hybridized carbons (Fsp3) is 0.238. The van der Waals surface area contributed by atoms with Gasteiger partial charge in [0.1, 0.15) is 0 Å². The Morgan fingerprint density at radius 2 is 2.10 bits per heavy atom. The summed E-state index contributed by atoms with van der Waals surface area (Å²) >= 11 is 0. The smallest absolute Gasteiger partial charge is 0.269 e. The Labute approximate surface area is 169 Å². The number of hydrogen-bond acceptors (Lipinski definition) is 5. The van der Waals surface area contributed by atoms with Gasteiger partial charge in [-0.2, -0.15) is 5.10 Å². The van der Waals surface area contributed by atoms with Crippen LogP contribution in [0, 0.1) is 18.8 Å². The van der Waals surface area contributed by atoms with Gasteiger partial charge in [0.2, 0.25) is 6.41 Å². The van der Waals surface area contributed by atoms with E-state index in [4.69, 9.17) is 10.8 Å². The summed E-state index contributed by atoms with van der Waals surface area (Å²) in [4.78, 5) is 27.2. The molecule has 1 aromatic carbocycles. The summed E-state index contributed by atoms with van der Waals surface area (Å²) in [6.45, 7) is 4.13. The summed E-state index contributed by atoms with van der Waals surface area (Å²) in [5, 5.41) is 13.1. The number of aromatic nitrogens is 3. The van der Waals surface area contributed by atoms with Crippen LogP contribution in [0.1, 0.15) is 28.7 Å². The molecule has 150 valence electrons. The molecule has 3 aromatic rings. The van der Waals surface area contributed by atoms with Crippen molar-refractivity contribution in [2.45, 2.75) is 13.8 Å². The topological polar surface area (TPSA) is 114 Å². The molecule has 29 heavy (non-hydrogen) atoms. The zero-order valence-corrected chi connectivity index (χ0v) is 16.6. The molecule has 0 unspecified atom stereocenters. The van der Waals surface area contributed by atoms with Crippen molar-refractivity contribution in [2.75, 3.05) is 20.2 Å². The van der Waals surface area contributed by atoms with Crippen molar-refractivity contribution >= 4 is 23.4 Å². The quantitative estimate of drug-likeness (QED) is 0.500.